The van der Waals surface area contributed by atoms with Crippen LogP contribution in [0.3, 0.4) is 0 Å². The topological polar surface area (TPSA) is 98.2 Å². The highest BCUT2D eigenvalue weighted by molar-refractivity contribution is 7.89. The molecule has 1 fully saturated rings. The lowest BCUT2D eigenvalue weighted by molar-refractivity contribution is 0.0730. The maximum absolute atomic E-state index is 13.1. The molecule has 9 nitrogen and oxygen atoms in total. The summed E-state index contributed by atoms with van der Waals surface area (Å²) >= 11 is 1.52. The predicted octanol–water partition coefficient (Wildman–Crippen LogP) is 5.21. The zero-order valence-electron chi connectivity index (χ0n) is 23.4. The molecular formula is C31H32N4O5S2. The number of aromatic nitrogens is 2. The monoisotopic (exact) mass is 604 g/mol. The molecule has 11 heteroatoms. The first-order valence-corrected chi connectivity index (χ1v) is 16.0. The number of fused-ring (bicyclic) bond motifs is 1. The Morgan fingerprint density at radius 2 is 1.79 bits per heavy atom. The molecule has 1 N–H and O–H groups in total. The number of thiazole rings is 1. The summed E-state index contributed by atoms with van der Waals surface area (Å²) < 4.78 is 46.4. The fourth-order valence-electron chi connectivity index (χ4n) is 5.17. The van der Waals surface area contributed by atoms with Crippen LogP contribution in [0.4, 0.5) is 5.69 Å². The van der Waals surface area contributed by atoms with Gasteiger partial charge in [-0.15, -0.1) is 11.3 Å². The van der Waals surface area contributed by atoms with Crippen molar-refractivity contribution < 1.29 is 22.6 Å². The van der Waals surface area contributed by atoms with Crippen LogP contribution in [0, 0.1) is 0 Å². The van der Waals surface area contributed by atoms with Crippen LogP contribution in [0.2, 0.25) is 0 Å². The van der Waals surface area contributed by atoms with E-state index in [9.17, 15) is 8.42 Å². The van der Waals surface area contributed by atoms with Gasteiger partial charge in [0, 0.05) is 47.7 Å². The number of rotatable bonds is 9. The van der Waals surface area contributed by atoms with E-state index in [2.05, 4.69) is 33.3 Å². The van der Waals surface area contributed by atoms with Gasteiger partial charge in [0.25, 0.3) is 0 Å². The number of aryl methyl sites for hydroxylation is 1. The number of sulfonamides is 1. The summed E-state index contributed by atoms with van der Waals surface area (Å²) in [7, 11) is -0.272. The lowest BCUT2D eigenvalue weighted by Crippen LogP contribution is -2.40. The van der Waals surface area contributed by atoms with E-state index in [1.807, 2.05) is 30.3 Å². The maximum atomic E-state index is 13.1. The van der Waals surface area contributed by atoms with E-state index in [4.69, 9.17) is 19.2 Å². The summed E-state index contributed by atoms with van der Waals surface area (Å²) in [5, 5.41) is 3.27. The number of nitrogens with zero attached hydrogens (tertiary/aromatic N) is 3. The normalized spacial score (nSPS) is 14.9. The van der Waals surface area contributed by atoms with Gasteiger partial charge in [0.1, 0.15) is 11.5 Å². The molecular weight excluding hydrogens is 572 g/mol. The van der Waals surface area contributed by atoms with Gasteiger partial charge >= 0.3 is 0 Å². The van der Waals surface area contributed by atoms with Crippen molar-refractivity contribution in [3.8, 4) is 22.8 Å². The largest absolute Gasteiger partial charge is 0.497 e. The molecule has 1 aliphatic heterocycles. The molecule has 0 saturated carbocycles. The molecule has 0 atom stereocenters. The fraction of sp³-hybridized carbons (Fsp3) is 0.258. The molecule has 1 saturated heterocycles. The van der Waals surface area contributed by atoms with Gasteiger partial charge in [-0.2, -0.15) is 4.31 Å². The minimum atomic E-state index is -3.58. The Morgan fingerprint density at radius 1 is 1.00 bits per heavy atom. The number of para-hydroxylation sites is 1. The summed E-state index contributed by atoms with van der Waals surface area (Å²) in [6.07, 6.45) is 2.85. The zero-order valence-corrected chi connectivity index (χ0v) is 25.1. The molecule has 0 spiro atoms. The third-order valence-electron chi connectivity index (χ3n) is 7.43. The second-order valence-electron chi connectivity index (χ2n) is 9.85. The second kappa shape index (κ2) is 12.1. The van der Waals surface area contributed by atoms with Crippen LogP contribution in [0.25, 0.3) is 22.2 Å². The van der Waals surface area contributed by atoms with Crippen molar-refractivity contribution in [1.29, 1.82) is 0 Å². The number of morpholine rings is 1. The molecule has 5 aromatic rings. The highest BCUT2D eigenvalue weighted by atomic mass is 32.2. The summed E-state index contributed by atoms with van der Waals surface area (Å²) in [6.45, 7) is 2.20. The van der Waals surface area contributed by atoms with E-state index in [1.54, 1.807) is 38.5 Å². The average molecular weight is 605 g/mol. The van der Waals surface area contributed by atoms with Crippen molar-refractivity contribution in [3.05, 3.63) is 88.7 Å². The Labute approximate surface area is 248 Å². The van der Waals surface area contributed by atoms with E-state index in [1.165, 1.54) is 26.6 Å². The summed E-state index contributed by atoms with van der Waals surface area (Å²) in [5.41, 5.74) is 4.86. The first-order chi connectivity index (χ1) is 20.5. The van der Waals surface area contributed by atoms with Gasteiger partial charge < -0.3 is 23.8 Å². The molecule has 0 bridgehead atoms. The maximum Gasteiger partial charge on any atom is 0.243 e. The SMILES string of the molecule is COc1ccc(OC)c(-c2csc(=Nc3ccc(S(=O)(=O)N4CCOCC4)cc3)n2CCc2c[nH]c3ccccc23)c1. The van der Waals surface area contributed by atoms with Crippen LogP contribution in [-0.4, -0.2) is 62.8 Å². The molecule has 6 rings (SSSR count). The van der Waals surface area contributed by atoms with Gasteiger partial charge in [0.15, 0.2) is 4.80 Å². The van der Waals surface area contributed by atoms with Gasteiger partial charge in [-0.1, -0.05) is 18.2 Å². The van der Waals surface area contributed by atoms with Crippen molar-refractivity contribution in [1.82, 2.24) is 13.9 Å². The van der Waals surface area contributed by atoms with Crippen molar-refractivity contribution in [2.75, 3.05) is 40.5 Å². The molecule has 0 unspecified atom stereocenters. The molecule has 0 aliphatic carbocycles. The Morgan fingerprint density at radius 3 is 2.55 bits per heavy atom. The number of hydrogen-bond acceptors (Lipinski definition) is 7. The number of hydrogen-bond donors (Lipinski definition) is 1. The molecule has 218 valence electrons. The summed E-state index contributed by atoms with van der Waals surface area (Å²) in [5.74, 6) is 1.47. The summed E-state index contributed by atoms with van der Waals surface area (Å²) in [6, 6.07) is 20.8. The van der Waals surface area contributed by atoms with Crippen LogP contribution in [0.15, 0.2) is 88.2 Å². The lowest BCUT2D eigenvalue weighted by atomic mass is 10.1. The first-order valence-electron chi connectivity index (χ1n) is 13.7. The number of aromatic amines is 1. The smallest absolute Gasteiger partial charge is 0.243 e. The number of H-pyrrole nitrogens is 1. The quantitative estimate of drug-likeness (QED) is 0.249. The van der Waals surface area contributed by atoms with E-state index >= 15 is 0 Å². The number of ether oxygens (including phenoxy) is 3. The highest BCUT2D eigenvalue weighted by Crippen LogP contribution is 2.34. The van der Waals surface area contributed by atoms with E-state index in [0.29, 0.717) is 38.5 Å². The minimum absolute atomic E-state index is 0.253. The Kier molecular flexibility index (Phi) is 8.16. The van der Waals surface area contributed by atoms with Crippen molar-refractivity contribution in [2.45, 2.75) is 17.9 Å². The summed E-state index contributed by atoms with van der Waals surface area (Å²) in [4.78, 5) is 9.37. The third-order valence-corrected chi connectivity index (χ3v) is 10.2. The van der Waals surface area contributed by atoms with Crippen LogP contribution in [0.1, 0.15) is 5.56 Å². The van der Waals surface area contributed by atoms with Gasteiger partial charge in [0.05, 0.1) is 43.7 Å². The molecule has 0 amide bonds. The molecule has 3 aromatic carbocycles. The van der Waals surface area contributed by atoms with Crippen LogP contribution < -0.4 is 14.3 Å². The van der Waals surface area contributed by atoms with Crippen LogP contribution in [0.5, 0.6) is 11.5 Å². The Balaban J connectivity index is 1.38. The first kappa shape index (κ1) is 28.2. The number of methoxy groups -OCH3 is 2. The van der Waals surface area contributed by atoms with Gasteiger partial charge in [0.2, 0.25) is 10.0 Å². The van der Waals surface area contributed by atoms with Gasteiger partial charge in [-0.05, 0) is 60.5 Å². The second-order valence-corrected chi connectivity index (χ2v) is 12.6. The number of nitrogens with one attached hydrogen (secondary N) is 1. The third kappa shape index (κ3) is 5.60. The number of benzene rings is 3. The standard InChI is InChI=1S/C31H32N4O5S2/c1-38-24-9-12-30(39-2)27(19-24)29-21-41-31(35(29)14-13-22-20-32-28-6-4-3-5-26(22)28)33-23-7-10-25(11-8-23)42(36,37)34-15-17-40-18-16-34/h3-12,19-21,32H,13-18H2,1-2H3. The van der Waals surface area contributed by atoms with E-state index in [0.717, 1.165) is 39.5 Å². The molecule has 3 heterocycles. The average Bonchev–Trinajstić information content (AvgIpc) is 3.64. The molecule has 42 heavy (non-hydrogen) atoms. The van der Waals surface area contributed by atoms with Gasteiger partial charge in [-0.3, -0.25) is 0 Å². The Hall–Kier alpha value is -3.90. The highest BCUT2D eigenvalue weighted by Gasteiger charge is 2.26. The van der Waals surface area contributed by atoms with Crippen molar-refractivity contribution in [2.24, 2.45) is 4.99 Å². The van der Waals surface area contributed by atoms with Crippen LogP contribution in [-0.2, 0) is 27.7 Å². The van der Waals surface area contributed by atoms with E-state index in [-0.39, 0.29) is 4.90 Å². The van der Waals surface area contributed by atoms with Gasteiger partial charge in [-0.25, -0.2) is 13.4 Å². The van der Waals surface area contributed by atoms with Crippen molar-refractivity contribution >= 4 is 38.0 Å². The predicted molar refractivity (Wildman–Crippen MR) is 164 cm³/mol. The molecule has 1 aliphatic rings. The Bertz CT molecular complexity index is 1870. The van der Waals surface area contributed by atoms with Crippen LogP contribution >= 0.6 is 11.3 Å². The fourth-order valence-corrected chi connectivity index (χ4v) is 7.53. The zero-order chi connectivity index (χ0) is 29.1. The molecule has 0 radical (unpaired) electrons. The molecule has 2 aromatic heterocycles. The van der Waals surface area contributed by atoms with E-state index < -0.39 is 10.0 Å². The minimum Gasteiger partial charge on any atom is -0.497 e. The lowest BCUT2D eigenvalue weighted by Gasteiger charge is -2.26. The van der Waals surface area contributed by atoms with Crippen molar-refractivity contribution in [3.63, 3.8) is 0 Å².